The first-order valence-electron chi connectivity index (χ1n) is 7.32. The maximum atomic E-state index is 12.4. The van der Waals surface area contributed by atoms with Gasteiger partial charge in [-0.3, -0.25) is 9.82 Å². The molecule has 0 saturated heterocycles. The van der Waals surface area contributed by atoms with Crippen molar-refractivity contribution in [2.75, 3.05) is 16.6 Å². The molecule has 3 N–H and O–H groups in total. The number of H-pyrrole nitrogens is 1. The Morgan fingerprint density at radius 2 is 1.77 bits per heavy atom. The van der Waals surface area contributed by atoms with Gasteiger partial charge in [0, 0.05) is 17.9 Å². The molecular weight excluding hydrogens is 300 g/mol. The fourth-order valence-electron chi connectivity index (χ4n) is 2.21. The summed E-state index contributed by atoms with van der Waals surface area (Å²) in [4.78, 5) is 0.206. The van der Waals surface area contributed by atoms with Crippen molar-refractivity contribution in [2.24, 2.45) is 0 Å². The number of benzene rings is 1. The monoisotopic (exact) mass is 322 g/mol. The number of aromatic nitrogens is 2. The summed E-state index contributed by atoms with van der Waals surface area (Å²) in [5, 5.41) is 9.90. The van der Waals surface area contributed by atoms with Crippen LogP contribution in [0.25, 0.3) is 0 Å². The summed E-state index contributed by atoms with van der Waals surface area (Å²) in [6.07, 6.45) is 2.24. The van der Waals surface area contributed by atoms with Gasteiger partial charge in [0.15, 0.2) is 0 Å². The first-order chi connectivity index (χ1) is 10.4. The van der Waals surface area contributed by atoms with Crippen LogP contribution in [0.15, 0.2) is 29.2 Å². The summed E-state index contributed by atoms with van der Waals surface area (Å²) >= 11 is 0. The number of aromatic amines is 1. The Morgan fingerprint density at radius 1 is 1.14 bits per heavy atom. The highest BCUT2D eigenvalue weighted by atomic mass is 32.2. The van der Waals surface area contributed by atoms with Gasteiger partial charge in [-0.15, -0.1) is 0 Å². The molecule has 0 aliphatic carbocycles. The van der Waals surface area contributed by atoms with Crippen LogP contribution in [0.3, 0.4) is 0 Å². The molecule has 0 saturated carbocycles. The lowest BCUT2D eigenvalue weighted by Gasteiger charge is -2.10. The van der Waals surface area contributed by atoms with Crippen molar-refractivity contribution >= 4 is 21.4 Å². The van der Waals surface area contributed by atoms with E-state index in [-0.39, 0.29) is 4.90 Å². The predicted octanol–water partition coefficient (Wildman–Crippen LogP) is 3.04. The molecule has 2 rings (SSSR count). The van der Waals surface area contributed by atoms with Crippen molar-refractivity contribution < 1.29 is 8.42 Å². The molecule has 22 heavy (non-hydrogen) atoms. The van der Waals surface area contributed by atoms with Gasteiger partial charge in [0.05, 0.1) is 11.4 Å². The van der Waals surface area contributed by atoms with E-state index in [2.05, 4.69) is 27.2 Å². The van der Waals surface area contributed by atoms with Crippen LogP contribution >= 0.6 is 0 Å². The zero-order valence-corrected chi connectivity index (χ0v) is 13.9. The minimum absolute atomic E-state index is 0.206. The fourth-order valence-corrected chi connectivity index (χ4v) is 3.64. The summed E-state index contributed by atoms with van der Waals surface area (Å²) in [7, 11) is -3.63. The third-order valence-corrected chi connectivity index (χ3v) is 4.97. The molecule has 0 radical (unpaired) electrons. The van der Waals surface area contributed by atoms with E-state index in [4.69, 9.17) is 0 Å². The van der Waals surface area contributed by atoms with Gasteiger partial charge in [0.25, 0.3) is 10.0 Å². The number of aryl methyl sites for hydroxylation is 2. The second-order valence-electron chi connectivity index (χ2n) is 5.23. The van der Waals surface area contributed by atoms with E-state index in [1.165, 1.54) is 0 Å². The molecule has 0 bridgehead atoms. The normalized spacial score (nSPS) is 11.4. The van der Waals surface area contributed by atoms with Crippen LogP contribution in [-0.2, 0) is 10.0 Å². The van der Waals surface area contributed by atoms with Crippen molar-refractivity contribution in [3.05, 3.63) is 35.7 Å². The van der Waals surface area contributed by atoms with Crippen molar-refractivity contribution in [3.63, 3.8) is 0 Å². The molecule has 1 heterocycles. The Kier molecular flexibility index (Phi) is 5.07. The summed E-state index contributed by atoms with van der Waals surface area (Å²) < 4.78 is 27.4. The van der Waals surface area contributed by atoms with E-state index in [1.54, 1.807) is 26.0 Å². The third-order valence-electron chi connectivity index (χ3n) is 3.33. The van der Waals surface area contributed by atoms with E-state index in [9.17, 15) is 8.42 Å². The number of nitrogens with zero attached hydrogens (tertiary/aromatic N) is 1. The van der Waals surface area contributed by atoms with Crippen LogP contribution in [0.2, 0.25) is 0 Å². The van der Waals surface area contributed by atoms with Crippen LogP contribution in [0.1, 0.15) is 31.2 Å². The van der Waals surface area contributed by atoms with Gasteiger partial charge >= 0.3 is 0 Å². The van der Waals surface area contributed by atoms with Crippen molar-refractivity contribution in [1.29, 1.82) is 0 Å². The highest BCUT2D eigenvalue weighted by Gasteiger charge is 2.22. The van der Waals surface area contributed by atoms with Crippen LogP contribution < -0.4 is 10.0 Å². The predicted molar refractivity (Wildman–Crippen MR) is 88.7 cm³/mol. The summed E-state index contributed by atoms with van der Waals surface area (Å²) in [6.45, 7) is 6.41. The van der Waals surface area contributed by atoms with Gasteiger partial charge in [-0.1, -0.05) is 13.3 Å². The Morgan fingerprint density at radius 3 is 2.32 bits per heavy atom. The number of hydrogen-bond acceptors (Lipinski definition) is 4. The first kappa shape index (κ1) is 16.4. The second-order valence-corrected chi connectivity index (χ2v) is 6.85. The molecule has 0 aliphatic rings. The van der Waals surface area contributed by atoms with Gasteiger partial charge in [-0.25, -0.2) is 8.42 Å². The van der Waals surface area contributed by atoms with Crippen LogP contribution in [-0.4, -0.2) is 25.2 Å². The third kappa shape index (κ3) is 3.79. The molecule has 0 aliphatic heterocycles. The minimum Gasteiger partial charge on any atom is -0.385 e. The molecule has 7 heteroatoms. The summed E-state index contributed by atoms with van der Waals surface area (Å²) in [5.41, 5.74) is 2.50. The van der Waals surface area contributed by atoms with Crippen molar-refractivity contribution in [2.45, 2.75) is 38.5 Å². The number of unbranched alkanes of at least 4 members (excludes halogenated alkanes) is 1. The number of sulfonamides is 1. The average molecular weight is 322 g/mol. The molecule has 1 aromatic carbocycles. The van der Waals surface area contributed by atoms with E-state index in [1.807, 2.05) is 12.1 Å². The fraction of sp³-hybridized carbons (Fsp3) is 0.400. The smallest absolute Gasteiger partial charge is 0.265 e. The number of anilines is 2. The lowest BCUT2D eigenvalue weighted by atomic mass is 10.2. The minimum atomic E-state index is -3.63. The molecule has 2 aromatic rings. The zero-order valence-electron chi connectivity index (χ0n) is 13.1. The van der Waals surface area contributed by atoms with Crippen LogP contribution in [0, 0.1) is 13.8 Å². The van der Waals surface area contributed by atoms with E-state index >= 15 is 0 Å². The maximum Gasteiger partial charge on any atom is 0.265 e. The van der Waals surface area contributed by atoms with Gasteiger partial charge in [0.1, 0.15) is 4.90 Å². The largest absolute Gasteiger partial charge is 0.385 e. The SMILES string of the molecule is CCCCNc1ccc(NS(=O)(=O)c2c(C)n[nH]c2C)cc1. The van der Waals surface area contributed by atoms with E-state index in [0.717, 1.165) is 25.1 Å². The topological polar surface area (TPSA) is 86.9 Å². The van der Waals surface area contributed by atoms with Crippen LogP contribution in [0.4, 0.5) is 11.4 Å². The van der Waals surface area contributed by atoms with Gasteiger partial charge in [0.2, 0.25) is 0 Å². The molecule has 120 valence electrons. The van der Waals surface area contributed by atoms with Crippen molar-refractivity contribution in [3.8, 4) is 0 Å². The Balaban J connectivity index is 2.10. The quantitative estimate of drug-likeness (QED) is 0.684. The standard InChI is InChI=1S/C15H22N4O2S/c1-4-5-10-16-13-6-8-14(9-7-13)19-22(20,21)15-11(2)17-18-12(15)3/h6-9,16,19H,4-5,10H2,1-3H3,(H,17,18). The lowest BCUT2D eigenvalue weighted by molar-refractivity contribution is 0.600. The highest BCUT2D eigenvalue weighted by molar-refractivity contribution is 7.92. The maximum absolute atomic E-state index is 12.4. The molecule has 0 fully saturated rings. The number of nitrogens with one attached hydrogen (secondary N) is 3. The molecule has 0 atom stereocenters. The molecule has 0 spiro atoms. The Hall–Kier alpha value is -2.02. The molecule has 1 aromatic heterocycles. The molecule has 6 nitrogen and oxygen atoms in total. The molecular formula is C15H22N4O2S. The lowest BCUT2D eigenvalue weighted by Crippen LogP contribution is -2.14. The Labute approximate surface area is 131 Å². The van der Waals surface area contributed by atoms with E-state index < -0.39 is 10.0 Å². The van der Waals surface area contributed by atoms with Crippen LogP contribution in [0.5, 0.6) is 0 Å². The number of rotatable bonds is 7. The van der Waals surface area contributed by atoms with E-state index in [0.29, 0.717) is 17.1 Å². The zero-order chi connectivity index (χ0) is 16.2. The highest BCUT2D eigenvalue weighted by Crippen LogP contribution is 2.21. The second kappa shape index (κ2) is 6.83. The van der Waals surface area contributed by atoms with Gasteiger partial charge in [-0.2, -0.15) is 5.10 Å². The Bertz CT molecular complexity index is 701. The van der Waals surface area contributed by atoms with Gasteiger partial charge < -0.3 is 5.32 Å². The number of hydrogen-bond donors (Lipinski definition) is 3. The average Bonchev–Trinajstić information content (AvgIpc) is 2.81. The first-order valence-corrected chi connectivity index (χ1v) is 8.80. The molecule has 0 amide bonds. The molecule has 0 unspecified atom stereocenters. The summed E-state index contributed by atoms with van der Waals surface area (Å²) in [6, 6.07) is 7.22. The summed E-state index contributed by atoms with van der Waals surface area (Å²) in [5.74, 6) is 0. The van der Waals surface area contributed by atoms with Crippen molar-refractivity contribution in [1.82, 2.24) is 10.2 Å². The van der Waals surface area contributed by atoms with Gasteiger partial charge in [-0.05, 0) is 44.5 Å².